The molecule has 0 saturated carbocycles. The van der Waals surface area contributed by atoms with Crippen LogP contribution < -0.4 is 4.74 Å². The number of nitrogens with zero attached hydrogens (tertiary/aromatic N) is 2. The summed E-state index contributed by atoms with van der Waals surface area (Å²) in [5.41, 5.74) is 2.35. The monoisotopic (exact) mass is 789 g/mol. The van der Waals surface area contributed by atoms with E-state index in [4.69, 9.17) is 4.74 Å². The largest absolute Gasteiger partial charge is 0.507 e. The van der Waals surface area contributed by atoms with Crippen molar-refractivity contribution in [2.75, 3.05) is 26.3 Å². The summed E-state index contributed by atoms with van der Waals surface area (Å²) in [6, 6.07) is 8.46. The van der Waals surface area contributed by atoms with Crippen LogP contribution in [-0.4, -0.2) is 74.4 Å². The van der Waals surface area contributed by atoms with Crippen molar-refractivity contribution < 1.29 is 33.3 Å². The van der Waals surface area contributed by atoms with Crippen LogP contribution in [0.1, 0.15) is 135 Å². The molecule has 1 aliphatic heterocycles. The van der Waals surface area contributed by atoms with Crippen LogP contribution in [0.3, 0.4) is 0 Å². The number of carbonyl (C=O) groups is 1. The van der Waals surface area contributed by atoms with Gasteiger partial charge in [-0.25, -0.2) is 18.2 Å². The first-order chi connectivity index (χ1) is 24.2. The normalized spacial score (nSPS) is 16.2. The van der Waals surface area contributed by atoms with E-state index in [1.54, 1.807) is 23.5 Å². The van der Waals surface area contributed by atoms with Crippen LogP contribution in [0.2, 0.25) is 0 Å². The Morgan fingerprint density at radius 3 is 1.89 bits per heavy atom. The van der Waals surface area contributed by atoms with Crippen LogP contribution in [0.25, 0.3) is 0 Å². The van der Waals surface area contributed by atoms with Gasteiger partial charge in [0.2, 0.25) is 5.16 Å². The molecule has 0 amide bonds. The Morgan fingerprint density at radius 2 is 1.43 bits per heavy atom. The molecule has 0 atom stereocenters. The SMILES string of the molecule is CC(C)(C)c1cc(SC2(Sc3ccc(C(C)(C)C)c(OCCCO)c3C(C)(C)C)CCN(S(=O)(=O)c3ncc(C(=O)O)[nH]3)CC2)cc(C(C)(C)C)c1O. The third kappa shape index (κ3) is 9.76. The topological polar surface area (TPSA) is 153 Å². The first kappa shape index (κ1) is 43.0. The van der Waals surface area contributed by atoms with E-state index in [0.717, 1.165) is 44.0 Å². The fourth-order valence-electron chi connectivity index (χ4n) is 6.52. The summed E-state index contributed by atoms with van der Waals surface area (Å²) in [4.78, 5) is 19.9. The number of imidazole rings is 1. The molecule has 13 heteroatoms. The summed E-state index contributed by atoms with van der Waals surface area (Å²) in [6.07, 6.45) is 2.46. The number of hydrogen-bond donors (Lipinski definition) is 4. The maximum Gasteiger partial charge on any atom is 0.353 e. The van der Waals surface area contributed by atoms with Gasteiger partial charge < -0.3 is 25.0 Å². The third-order valence-electron chi connectivity index (χ3n) is 9.38. The molecule has 1 fully saturated rings. The standard InChI is InChI=1S/C40H59N3O7S3/c1-36(2,3)26-14-15-30(31(39(10,11)12)33(26)50-21-13-20-44)52-40(51-25-22-27(37(4,5)6)32(45)28(23-25)38(7,8)9)16-18-43(19-17-40)53(48,49)35-41-24-29(42-35)34(46)47/h14-15,22-24,44-45H,13,16-21H2,1-12H3,(H,41,42)(H,46,47). The number of hydrogen-bond acceptors (Lipinski definition) is 9. The number of phenolic OH excluding ortho intramolecular Hbond substituents is 1. The van der Waals surface area contributed by atoms with Gasteiger partial charge in [0.05, 0.1) is 16.9 Å². The Morgan fingerprint density at radius 1 is 0.887 bits per heavy atom. The van der Waals surface area contributed by atoms with Crippen molar-refractivity contribution in [1.29, 1.82) is 0 Å². The van der Waals surface area contributed by atoms with Crippen molar-refractivity contribution in [1.82, 2.24) is 14.3 Å². The number of aromatic hydroxyl groups is 1. The van der Waals surface area contributed by atoms with E-state index in [9.17, 15) is 28.5 Å². The first-order valence-electron chi connectivity index (χ1n) is 18.2. The zero-order valence-electron chi connectivity index (χ0n) is 33.4. The molecule has 3 aromatic rings. The number of phenols is 1. The Labute approximate surface area is 325 Å². The molecule has 1 aromatic heterocycles. The molecule has 0 aliphatic carbocycles. The average molecular weight is 790 g/mol. The number of carboxylic acid groups (broad SMARTS) is 1. The molecule has 0 spiro atoms. The van der Waals surface area contributed by atoms with Crippen molar-refractivity contribution in [2.24, 2.45) is 0 Å². The van der Waals surface area contributed by atoms with E-state index in [1.807, 2.05) is 0 Å². The zero-order valence-corrected chi connectivity index (χ0v) is 35.9. The molecular weight excluding hydrogens is 731 g/mol. The van der Waals surface area contributed by atoms with Crippen LogP contribution in [0.4, 0.5) is 0 Å². The number of aromatic carboxylic acids is 1. The fraction of sp³-hybridized carbons (Fsp3) is 0.600. The molecule has 1 saturated heterocycles. The van der Waals surface area contributed by atoms with Crippen molar-refractivity contribution in [3.63, 3.8) is 0 Å². The van der Waals surface area contributed by atoms with Gasteiger partial charge in [-0.2, -0.15) is 4.31 Å². The minimum absolute atomic E-state index is 0.0265. The van der Waals surface area contributed by atoms with Crippen LogP contribution in [0.15, 0.2) is 45.4 Å². The van der Waals surface area contributed by atoms with E-state index < -0.39 is 20.1 Å². The van der Waals surface area contributed by atoms with E-state index >= 15 is 0 Å². The van der Waals surface area contributed by atoms with Crippen LogP contribution >= 0.6 is 23.5 Å². The van der Waals surface area contributed by atoms with Crippen LogP contribution in [0.5, 0.6) is 11.5 Å². The smallest absolute Gasteiger partial charge is 0.353 e. The van der Waals surface area contributed by atoms with Crippen LogP contribution in [-0.2, 0) is 31.7 Å². The summed E-state index contributed by atoms with van der Waals surface area (Å²) >= 11 is 3.43. The Hall–Kier alpha value is -2.71. The number of rotatable bonds is 11. The molecule has 294 valence electrons. The highest BCUT2D eigenvalue weighted by atomic mass is 32.2. The zero-order chi connectivity index (χ0) is 39.9. The number of carboxylic acids is 1. The van der Waals surface area contributed by atoms with Gasteiger partial charge in [0.25, 0.3) is 10.0 Å². The lowest BCUT2D eigenvalue weighted by atomic mass is 9.79. The van der Waals surface area contributed by atoms with Gasteiger partial charge in [-0.3, -0.25) is 0 Å². The predicted octanol–water partition coefficient (Wildman–Crippen LogP) is 8.83. The van der Waals surface area contributed by atoms with Crippen LogP contribution in [0, 0.1) is 0 Å². The second-order valence-corrected chi connectivity index (χ2v) is 23.0. The van der Waals surface area contributed by atoms with Crippen molar-refractivity contribution >= 4 is 39.5 Å². The Bertz CT molecular complexity index is 1870. The van der Waals surface area contributed by atoms with Gasteiger partial charge in [-0.1, -0.05) is 89.2 Å². The summed E-state index contributed by atoms with van der Waals surface area (Å²) in [6.45, 7) is 26.3. The lowest BCUT2D eigenvalue weighted by Crippen LogP contribution is -2.44. The van der Waals surface area contributed by atoms with Crippen molar-refractivity contribution in [3.8, 4) is 11.5 Å². The lowest BCUT2D eigenvalue weighted by molar-refractivity contribution is 0.0690. The first-order valence-corrected chi connectivity index (χ1v) is 21.2. The number of thioether (sulfide) groups is 2. The molecule has 0 unspecified atom stereocenters. The van der Waals surface area contributed by atoms with E-state index in [0.29, 0.717) is 31.6 Å². The summed E-state index contributed by atoms with van der Waals surface area (Å²) in [7, 11) is -4.09. The summed E-state index contributed by atoms with van der Waals surface area (Å²) < 4.78 is 34.9. The molecule has 10 nitrogen and oxygen atoms in total. The lowest BCUT2D eigenvalue weighted by Gasteiger charge is -2.42. The average Bonchev–Trinajstić information content (AvgIpc) is 3.52. The molecule has 0 radical (unpaired) electrons. The highest BCUT2D eigenvalue weighted by molar-refractivity contribution is 8.18. The van der Waals surface area contributed by atoms with Gasteiger partial charge in [0.1, 0.15) is 17.2 Å². The molecule has 53 heavy (non-hydrogen) atoms. The number of piperidine rings is 1. The number of sulfonamides is 1. The molecule has 0 bridgehead atoms. The highest BCUT2D eigenvalue weighted by Crippen LogP contribution is 2.57. The number of aliphatic hydroxyl groups excluding tert-OH is 1. The quantitative estimate of drug-likeness (QED) is 0.110. The molecule has 2 aromatic carbocycles. The third-order valence-corrected chi connectivity index (χ3v) is 14.2. The molecule has 2 heterocycles. The van der Waals surface area contributed by atoms with Gasteiger partial charge in [-0.15, -0.1) is 23.5 Å². The minimum atomic E-state index is -4.09. The molecule has 4 N–H and O–H groups in total. The van der Waals surface area contributed by atoms with E-state index in [-0.39, 0.29) is 52.2 Å². The second-order valence-electron chi connectivity index (χ2n) is 18.0. The highest BCUT2D eigenvalue weighted by Gasteiger charge is 2.43. The molecular formula is C40H59N3O7S3. The van der Waals surface area contributed by atoms with Crippen molar-refractivity contribution in [2.45, 2.75) is 143 Å². The second kappa shape index (κ2) is 15.4. The number of aliphatic hydroxyl groups is 1. The Kier molecular flexibility index (Phi) is 12.5. The Balaban J connectivity index is 1.89. The number of nitrogens with one attached hydrogen (secondary N) is 1. The van der Waals surface area contributed by atoms with E-state index in [1.165, 1.54) is 4.31 Å². The van der Waals surface area contributed by atoms with Crippen molar-refractivity contribution in [3.05, 3.63) is 58.4 Å². The van der Waals surface area contributed by atoms with Gasteiger partial charge in [-0.05, 0) is 58.3 Å². The van der Waals surface area contributed by atoms with Gasteiger partial charge >= 0.3 is 5.97 Å². The summed E-state index contributed by atoms with van der Waals surface area (Å²) in [5.74, 6) is -0.159. The maximum absolute atomic E-state index is 13.7. The number of ether oxygens (including phenoxy) is 1. The molecule has 1 aliphatic rings. The number of H-pyrrole nitrogens is 1. The number of aromatic nitrogens is 2. The number of aromatic amines is 1. The molecule has 4 rings (SSSR count). The maximum atomic E-state index is 13.7. The predicted molar refractivity (Wildman–Crippen MR) is 215 cm³/mol. The number of benzene rings is 2. The van der Waals surface area contributed by atoms with E-state index in [2.05, 4.69) is 117 Å². The van der Waals surface area contributed by atoms with Gasteiger partial charge in [0.15, 0.2) is 0 Å². The van der Waals surface area contributed by atoms with Gasteiger partial charge in [0, 0.05) is 52.6 Å². The fourth-order valence-corrected chi connectivity index (χ4v) is 11.2. The summed E-state index contributed by atoms with van der Waals surface area (Å²) in [5, 5.41) is 30.1. The minimum Gasteiger partial charge on any atom is -0.507 e.